The Morgan fingerprint density at radius 1 is 1.24 bits per heavy atom. The van der Waals surface area contributed by atoms with Gasteiger partial charge in [-0.15, -0.1) is 0 Å². The number of aliphatic hydroxyl groups is 3. The van der Waals surface area contributed by atoms with E-state index in [9.17, 15) is 24.9 Å². The first-order valence-corrected chi connectivity index (χ1v) is 6.18. The van der Waals surface area contributed by atoms with Crippen molar-refractivity contribution >= 4 is 11.9 Å². The van der Waals surface area contributed by atoms with E-state index >= 15 is 0 Å². The van der Waals surface area contributed by atoms with Crippen molar-refractivity contribution < 1.29 is 39.5 Å². The molecule has 1 saturated heterocycles. The van der Waals surface area contributed by atoms with E-state index in [1.54, 1.807) is 0 Å². The summed E-state index contributed by atoms with van der Waals surface area (Å²) >= 11 is 0. The first-order valence-electron chi connectivity index (χ1n) is 6.18. The fourth-order valence-corrected chi connectivity index (χ4v) is 1.83. The molecule has 5 atom stereocenters. The zero-order valence-electron chi connectivity index (χ0n) is 11.4. The summed E-state index contributed by atoms with van der Waals surface area (Å²) in [6.07, 6.45) is -6.87. The molecule has 1 fully saturated rings. The fraction of sp³-hybridized carbons (Fsp3) is 0.667. The lowest BCUT2D eigenvalue weighted by atomic mass is 9.99. The van der Waals surface area contributed by atoms with Gasteiger partial charge in [-0.2, -0.15) is 0 Å². The molecule has 5 N–H and O–H groups in total. The summed E-state index contributed by atoms with van der Waals surface area (Å²) in [4.78, 5) is 22.0. The van der Waals surface area contributed by atoms with Gasteiger partial charge in [-0.1, -0.05) is 6.58 Å². The van der Waals surface area contributed by atoms with Gasteiger partial charge in [0.05, 0.1) is 6.42 Å². The van der Waals surface area contributed by atoms with Crippen LogP contribution in [0.4, 0.5) is 0 Å². The van der Waals surface area contributed by atoms with Crippen molar-refractivity contribution in [2.45, 2.75) is 37.1 Å². The molecule has 9 heteroatoms. The highest BCUT2D eigenvalue weighted by atomic mass is 16.7. The molecule has 1 aliphatic heterocycles. The van der Waals surface area contributed by atoms with Crippen molar-refractivity contribution in [3.63, 3.8) is 0 Å². The van der Waals surface area contributed by atoms with Crippen molar-refractivity contribution in [3.05, 3.63) is 12.2 Å². The molecule has 21 heavy (non-hydrogen) atoms. The number of carboxylic acid groups (broad SMARTS) is 1. The summed E-state index contributed by atoms with van der Waals surface area (Å²) < 4.78 is 10.0. The molecule has 5 unspecified atom stereocenters. The van der Waals surface area contributed by atoms with E-state index in [-0.39, 0.29) is 12.1 Å². The first kappa shape index (κ1) is 17.5. The Hall–Kier alpha value is -1.52. The minimum atomic E-state index is -1.49. The van der Waals surface area contributed by atoms with Crippen molar-refractivity contribution in [2.24, 2.45) is 0 Å². The van der Waals surface area contributed by atoms with Gasteiger partial charge < -0.3 is 35.2 Å². The van der Waals surface area contributed by atoms with Crippen molar-refractivity contribution in [3.8, 4) is 0 Å². The Kier molecular flexibility index (Phi) is 6.24. The standard InChI is InChI=1S/C12H19NO8/c1-5(11(18)19)3-7(14)13-4-6-8(15)9(16)10(17)12(20-2)21-6/h6,8-10,12,15-17H,1,3-4H2,2H3,(H,13,14)(H,18,19). The van der Waals surface area contributed by atoms with Gasteiger partial charge >= 0.3 is 5.97 Å². The number of ether oxygens (including phenoxy) is 2. The number of nitrogens with one attached hydrogen (secondary N) is 1. The highest BCUT2D eigenvalue weighted by molar-refractivity contribution is 5.93. The molecular formula is C12H19NO8. The van der Waals surface area contributed by atoms with Crippen LogP contribution in [0.1, 0.15) is 6.42 Å². The Balaban J connectivity index is 2.52. The fourth-order valence-electron chi connectivity index (χ4n) is 1.83. The number of carbonyl (C=O) groups is 2. The lowest BCUT2D eigenvalue weighted by Gasteiger charge is -2.39. The molecule has 120 valence electrons. The SMILES string of the molecule is C=C(CC(=O)NCC1OC(OC)C(O)C(O)C1O)C(=O)O. The second-order valence-electron chi connectivity index (χ2n) is 4.64. The van der Waals surface area contributed by atoms with Gasteiger partial charge in [0.2, 0.25) is 5.91 Å². The maximum Gasteiger partial charge on any atom is 0.331 e. The summed E-state index contributed by atoms with van der Waals surface area (Å²) in [5.74, 6) is -1.90. The summed E-state index contributed by atoms with van der Waals surface area (Å²) in [6, 6.07) is 0. The average Bonchev–Trinajstić information content (AvgIpc) is 2.44. The van der Waals surface area contributed by atoms with Crippen LogP contribution in [0, 0.1) is 0 Å². The number of aliphatic hydroxyl groups excluding tert-OH is 3. The van der Waals surface area contributed by atoms with Crippen LogP contribution in [0.25, 0.3) is 0 Å². The van der Waals surface area contributed by atoms with E-state index in [1.807, 2.05) is 0 Å². The number of hydrogen-bond acceptors (Lipinski definition) is 7. The quantitative estimate of drug-likeness (QED) is 0.341. The van der Waals surface area contributed by atoms with E-state index < -0.39 is 49.0 Å². The molecule has 0 bridgehead atoms. The van der Waals surface area contributed by atoms with Crippen molar-refractivity contribution in [2.75, 3.05) is 13.7 Å². The van der Waals surface area contributed by atoms with Gasteiger partial charge in [0.15, 0.2) is 6.29 Å². The molecule has 9 nitrogen and oxygen atoms in total. The lowest BCUT2D eigenvalue weighted by Crippen LogP contribution is -2.60. The van der Waals surface area contributed by atoms with Crippen LogP contribution >= 0.6 is 0 Å². The van der Waals surface area contributed by atoms with Gasteiger partial charge in [0, 0.05) is 19.2 Å². The Morgan fingerprint density at radius 3 is 2.38 bits per heavy atom. The van der Waals surface area contributed by atoms with E-state index in [1.165, 1.54) is 7.11 Å². The highest BCUT2D eigenvalue weighted by Crippen LogP contribution is 2.21. The maximum atomic E-state index is 11.5. The molecular weight excluding hydrogens is 286 g/mol. The molecule has 1 rings (SSSR count). The first-order chi connectivity index (χ1) is 9.77. The highest BCUT2D eigenvalue weighted by Gasteiger charge is 2.43. The third-order valence-electron chi connectivity index (χ3n) is 3.08. The summed E-state index contributed by atoms with van der Waals surface area (Å²) in [6.45, 7) is 3.03. The Labute approximate surface area is 120 Å². The van der Waals surface area contributed by atoms with Crippen LogP contribution < -0.4 is 5.32 Å². The topological polar surface area (TPSA) is 146 Å². The number of amides is 1. The number of carbonyl (C=O) groups excluding carboxylic acids is 1. The van der Waals surface area contributed by atoms with Crippen LogP contribution in [0.3, 0.4) is 0 Å². The maximum absolute atomic E-state index is 11.5. The molecule has 0 aromatic carbocycles. The van der Waals surface area contributed by atoms with Crippen LogP contribution in [-0.2, 0) is 19.1 Å². The number of methoxy groups -OCH3 is 1. The zero-order valence-corrected chi connectivity index (χ0v) is 11.4. The van der Waals surface area contributed by atoms with Crippen molar-refractivity contribution in [1.29, 1.82) is 0 Å². The van der Waals surface area contributed by atoms with E-state index in [0.717, 1.165) is 0 Å². The third-order valence-corrected chi connectivity index (χ3v) is 3.08. The molecule has 0 aromatic rings. The Bertz CT molecular complexity index is 410. The van der Waals surface area contributed by atoms with E-state index in [4.69, 9.17) is 14.6 Å². The number of carboxylic acids is 1. The van der Waals surface area contributed by atoms with Gasteiger partial charge in [-0.25, -0.2) is 4.79 Å². The second kappa shape index (κ2) is 7.48. The lowest BCUT2D eigenvalue weighted by molar-refractivity contribution is -0.288. The average molecular weight is 305 g/mol. The minimum Gasteiger partial charge on any atom is -0.478 e. The largest absolute Gasteiger partial charge is 0.478 e. The summed E-state index contributed by atoms with van der Waals surface area (Å²) in [5.41, 5.74) is -0.275. The van der Waals surface area contributed by atoms with Crippen LogP contribution in [0.5, 0.6) is 0 Å². The second-order valence-corrected chi connectivity index (χ2v) is 4.64. The van der Waals surface area contributed by atoms with Gasteiger partial charge in [0.25, 0.3) is 0 Å². The molecule has 1 aliphatic rings. The van der Waals surface area contributed by atoms with E-state index in [0.29, 0.717) is 0 Å². The summed E-state index contributed by atoms with van der Waals surface area (Å²) in [7, 11) is 1.25. The number of rotatable bonds is 6. The van der Waals surface area contributed by atoms with Crippen LogP contribution in [0.2, 0.25) is 0 Å². The van der Waals surface area contributed by atoms with Crippen molar-refractivity contribution in [1.82, 2.24) is 5.32 Å². The van der Waals surface area contributed by atoms with Gasteiger partial charge in [0.1, 0.15) is 24.4 Å². The predicted molar refractivity (Wildman–Crippen MR) is 68.1 cm³/mol. The molecule has 0 aromatic heterocycles. The molecule has 1 heterocycles. The Morgan fingerprint density at radius 2 is 1.86 bits per heavy atom. The normalized spacial score (nSPS) is 32.5. The van der Waals surface area contributed by atoms with E-state index in [2.05, 4.69) is 11.9 Å². The third kappa shape index (κ3) is 4.48. The summed E-state index contributed by atoms with van der Waals surface area (Å²) in [5, 5.41) is 39.9. The number of aliphatic carboxylic acids is 1. The molecule has 0 radical (unpaired) electrons. The van der Waals surface area contributed by atoms with Crippen LogP contribution in [0.15, 0.2) is 12.2 Å². The molecule has 0 spiro atoms. The van der Waals surface area contributed by atoms with Gasteiger partial charge in [-0.3, -0.25) is 4.79 Å². The smallest absolute Gasteiger partial charge is 0.331 e. The monoisotopic (exact) mass is 305 g/mol. The minimum absolute atomic E-state index is 0.184. The van der Waals surface area contributed by atoms with Crippen LogP contribution in [-0.4, -0.2) is 76.7 Å². The zero-order chi connectivity index (χ0) is 16.2. The number of hydrogen-bond donors (Lipinski definition) is 5. The predicted octanol–water partition coefficient (Wildman–Crippen LogP) is -2.41. The molecule has 0 saturated carbocycles. The molecule has 0 aliphatic carbocycles. The van der Waals surface area contributed by atoms with Gasteiger partial charge in [-0.05, 0) is 0 Å². The molecule has 1 amide bonds.